The summed E-state index contributed by atoms with van der Waals surface area (Å²) in [5.74, 6) is -2.59. The Bertz CT molecular complexity index is 1110. The third-order valence-corrected chi connectivity index (χ3v) is 6.15. The predicted octanol–water partition coefficient (Wildman–Crippen LogP) is 4.00. The maximum Gasteiger partial charge on any atom is 0.273 e. The number of nitrogens with zero attached hydrogens (tertiary/aromatic N) is 3. The summed E-state index contributed by atoms with van der Waals surface area (Å²) in [5, 5.41) is 13.5. The molecule has 32 heavy (non-hydrogen) atoms. The lowest BCUT2D eigenvalue weighted by atomic mass is 9.78. The van der Waals surface area contributed by atoms with E-state index in [1.165, 1.54) is 24.3 Å². The van der Waals surface area contributed by atoms with Crippen LogP contribution in [0, 0.1) is 27.9 Å². The molecule has 2 aromatic rings. The van der Waals surface area contributed by atoms with Crippen LogP contribution in [0.2, 0.25) is 5.02 Å². The smallest absolute Gasteiger partial charge is 0.272 e. The Morgan fingerprint density at radius 3 is 2.38 bits per heavy atom. The molecule has 2 aromatic carbocycles. The molecule has 0 bridgehead atoms. The summed E-state index contributed by atoms with van der Waals surface area (Å²) in [6.07, 6.45) is 4.25. The van der Waals surface area contributed by atoms with Crippen LogP contribution in [-0.2, 0) is 16.1 Å². The van der Waals surface area contributed by atoms with Crippen molar-refractivity contribution in [1.82, 2.24) is 10.0 Å². The Kier molecular flexibility index (Phi) is 5.80. The maximum atomic E-state index is 13.4. The zero-order chi connectivity index (χ0) is 23.0. The summed E-state index contributed by atoms with van der Waals surface area (Å²) in [6, 6.07) is 11.8. The maximum absolute atomic E-state index is 13.4. The van der Waals surface area contributed by atoms with Crippen LogP contribution in [0.25, 0.3) is 0 Å². The van der Waals surface area contributed by atoms with Crippen molar-refractivity contribution in [2.75, 3.05) is 0 Å². The highest BCUT2D eigenvalue weighted by atomic mass is 35.5. The van der Waals surface area contributed by atoms with E-state index in [4.69, 9.17) is 11.6 Å². The summed E-state index contributed by atoms with van der Waals surface area (Å²) in [6.45, 7) is 1.84. The van der Waals surface area contributed by atoms with E-state index in [0.717, 1.165) is 10.0 Å². The molecular weight excluding hydrogens is 434 g/mol. The van der Waals surface area contributed by atoms with Gasteiger partial charge in [-0.15, -0.1) is 0 Å². The zero-order valence-electron chi connectivity index (χ0n) is 17.2. The summed E-state index contributed by atoms with van der Waals surface area (Å²) < 4.78 is 0. The van der Waals surface area contributed by atoms with Gasteiger partial charge in [-0.25, -0.2) is 5.01 Å². The summed E-state index contributed by atoms with van der Waals surface area (Å²) in [7, 11) is 0. The van der Waals surface area contributed by atoms with Crippen LogP contribution < -0.4 is 0 Å². The second kappa shape index (κ2) is 8.55. The molecule has 1 aliphatic carbocycles. The second-order valence-electron chi connectivity index (χ2n) is 7.94. The summed E-state index contributed by atoms with van der Waals surface area (Å²) in [5.41, 5.74) is 0.641. The van der Waals surface area contributed by atoms with E-state index >= 15 is 0 Å². The fraction of sp³-hybridized carbons (Fsp3) is 0.261. The Balaban J connectivity index is 1.71. The van der Waals surface area contributed by atoms with Crippen molar-refractivity contribution in [2.45, 2.75) is 19.9 Å². The first-order valence-corrected chi connectivity index (χ1v) is 10.5. The van der Waals surface area contributed by atoms with Crippen molar-refractivity contribution in [3.05, 3.63) is 86.9 Å². The Labute approximate surface area is 189 Å². The SMILES string of the molecule is C[C@@H]1C=CC[C@@H]2C(=O)N(N(Cc3ccc(Cl)cc3)C(=O)c3ccc([N+](=O)[O-])cc3)C(=O)[C@@H]12. The third-order valence-electron chi connectivity index (χ3n) is 5.90. The molecular formula is C23H20ClN3O5. The fourth-order valence-electron chi connectivity index (χ4n) is 4.24. The van der Waals surface area contributed by atoms with Gasteiger partial charge in [0.25, 0.3) is 23.4 Å². The number of nitro groups is 1. The summed E-state index contributed by atoms with van der Waals surface area (Å²) in [4.78, 5) is 50.3. The first kappa shape index (κ1) is 21.7. The van der Waals surface area contributed by atoms with E-state index in [0.29, 0.717) is 17.0 Å². The number of non-ortho nitro benzene ring substituents is 1. The van der Waals surface area contributed by atoms with Crippen molar-refractivity contribution >= 4 is 35.0 Å². The van der Waals surface area contributed by atoms with E-state index in [2.05, 4.69) is 0 Å². The average molecular weight is 454 g/mol. The van der Waals surface area contributed by atoms with Gasteiger partial charge in [0.1, 0.15) is 0 Å². The molecule has 0 aromatic heterocycles. The molecule has 0 saturated carbocycles. The number of carbonyl (C=O) groups is 3. The van der Waals surface area contributed by atoms with Crippen LogP contribution in [0.4, 0.5) is 5.69 Å². The first-order valence-electron chi connectivity index (χ1n) is 10.1. The highest BCUT2D eigenvalue weighted by Gasteiger charge is 2.53. The van der Waals surface area contributed by atoms with E-state index in [-0.39, 0.29) is 23.7 Å². The molecule has 1 aliphatic heterocycles. The number of hydrazine groups is 1. The van der Waals surface area contributed by atoms with Crippen molar-refractivity contribution in [1.29, 1.82) is 0 Å². The number of halogens is 1. The number of fused-ring (bicyclic) bond motifs is 1. The van der Waals surface area contributed by atoms with Crippen molar-refractivity contribution < 1.29 is 19.3 Å². The molecule has 4 rings (SSSR count). The highest BCUT2D eigenvalue weighted by molar-refractivity contribution is 6.30. The molecule has 0 spiro atoms. The van der Waals surface area contributed by atoms with Gasteiger partial charge in [-0.3, -0.25) is 24.5 Å². The van der Waals surface area contributed by atoms with Gasteiger partial charge in [-0.1, -0.05) is 42.8 Å². The highest BCUT2D eigenvalue weighted by Crippen LogP contribution is 2.39. The molecule has 3 amide bonds. The number of rotatable bonds is 5. The minimum absolute atomic E-state index is 0.0360. The number of nitro benzene ring substituents is 1. The molecule has 1 fully saturated rings. The monoisotopic (exact) mass is 453 g/mol. The minimum Gasteiger partial charge on any atom is -0.272 e. The largest absolute Gasteiger partial charge is 0.273 e. The van der Waals surface area contributed by atoms with Crippen LogP contribution in [0.15, 0.2) is 60.7 Å². The van der Waals surface area contributed by atoms with Gasteiger partial charge in [0.15, 0.2) is 0 Å². The fourth-order valence-corrected chi connectivity index (χ4v) is 4.37. The van der Waals surface area contributed by atoms with Gasteiger partial charge in [0.2, 0.25) is 0 Å². The first-order chi connectivity index (χ1) is 15.3. The molecule has 164 valence electrons. The third kappa shape index (κ3) is 3.89. The van der Waals surface area contributed by atoms with E-state index in [1.807, 2.05) is 19.1 Å². The standard InChI is InChI=1S/C23H20ClN3O5/c1-14-3-2-4-19-20(14)23(30)26(22(19)29)25(13-15-5-9-17(24)10-6-15)21(28)16-7-11-18(12-8-16)27(31)32/h2-3,5-12,14,19-20H,4,13H2,1H3/t14-,19+,20+/m1/s1. The zero-order valence-corrected chi connectivity index (χ0v) is 17.9. The topological polar surface area (TPSA) is 101 Å². The Morgan fingerprint density at radius 1 is 1.12 bits per heavy atom. The molecule has 8 nitrogen and oxygen atoms in total. The quantitative estimate of drug-likeness (QED) is 0.295. The van der Waals surface area contributed by atoms with Crippen LogP contribution in [0.1, 0.15) is 29.3 Å². The van der Waals surface area contributed by atoms with Crippen LogP contribution in [0.3, 0.4) is 0 Å². The molecule has 9 heteroatoms. The van der Waals surface area contributed by atoms with Crippen LogP contribution >= 0.6 is 11.6 Å². The number of hydrogen-bond acceptors (Lipinski definition) is 5. The lowest BCUT2D eigenvalue weighted by molar-refractivity contribution is -0.384. The van der Waals surface area contributed by atoms with Crippen molar-refractivity contribution in [2.24, 2.45) is 17.8 Å². The van der Waals surface area contributed by atoms with Gasteiger partial charge >= 0.3 is 0 Å². The van der Waals surface area contributed by atoms with Crippen molar-refractivity contribution in [3.8, 4) is 0 Å². The molecule has 0 unspecified atom stereocenters. The number of carbonyl (C=O) groups excluding carboxylic acids is 3. The number of amides is 3. The Hall–Kier alpha value is -3.52. The van der Waals surface area contributed by atoms with Crippen LogP contribution in [0.5, 0.6) is 0 Å². The average Bonchev–Trinajstić information content (AvgIpc) is 3.04. The molecule has 1 saturated heterocycles. The van der Waals surface area contributed by atoms with Gasteiger partial charge in [0.05, 0.1) is 23.3 Å². The molecule has 1 heterocycles. The lowest BCUT2D eigenvalue weighted by Crippen LogP contribution is -2.50. The van der Waals surface area contributed by atoms with Crippen molar-refractivity contribution in [3.63, 3.8) is 0 Å². The van der Waals surface area contributed by atoms with Crippen LogP contribution in [-0.4, -0.2) is 32.7 Å². The van der Waals surface area contributed by atoms with Gasteiger partial charge < -0.3 is 0 Å². The lowest BCUT2D eigenvalue weighted by Gasteiger charge is -2.31. The number of imide groups is 1. The van der Waals surface area contributed by atoms with E-state index in [9.17, 15) is 24.5 Å². The molecule has 0 N–H and O–H groups in total. The van der Waals surface area contributed by atoms with Gasteiger partial charge in [-0.05, 0) is 42.2 Å². The Morgan fingerprint density at radius 2 is 1.78 bits per heavy atom. The number of benzene rings is 2. The normalized spacial score (nSPS) is 22.1. The number of hydrogen-bond donors (Lipinski definition) is 0. The summed E-state index contributed by atoms with van der Waals surface area (Å²) >= 11 is 5.96. The molecule has 0 radical (unpaired) electrons. The van der Waals surface area contributed by atoms with E-state index in [1.54, 1.807) is 24.3 Å². The van der Waals surface area contributed by atoms with E-state index < -0.39 is 34.5 Å². The second-order valence-corrected chi connectivity index (χ2v) is 8.37. The van der Waals surface area contributed by atoms with Gasteiger partial charge in [-0.2, -0.15) is 5.01 Å². The molecule has 2 aliphatic rings. The van der Waals surface area contributed by atoms with Gasteiger partial charge in [0, 0.05) is 22.7 Å². The minimum atomic E-state index is -0.601. The number of allylic oxidation sites excluding steroid dienone is 2. The molecule has 3 atom stereocenters. The predicted molar refractivity (Wildman–Crippen MR) is 116 cm³/mol.